The van der Waals surface area contributed by atoms with Crippen LogP contribution in [0.15, 0.2) is 88.7 Å². The Hall–Kier alpha value is -3.13. The fraction of sp³-hybridized carbons (Fsp3) is 0.0800. The molecule has 3 N–H and O–H groups in total. The lowest BCUT2D eigenvalue weighted by molar-refractivity contribution is 0.104. The Balaban J connectivity index is 1.86. The van der Waals surface area contributed by atoms with Gasteiger partial charge in [0.2, 0.25) is 15.6 Å². The van der Waals surface area contributed by atoms with Gasteiger partial charge in [-0.05, 0) is 48.4 Å². The summed E-state index contributed by atoms with van der Waals surface area (Å²) in [5.74, 6) is -0.333. The van der Waals surface area contributed by atoms with E-state index < -0.39 is 9.84 Å². The molecule has 3 aromatic carbocycles. The van der Waals surface area contributed by atoms with Gasteiger partial charge < -0.3 is 11.1 Å². The minimum Gasteiger partial charge on any atom is -0.396 e. The van der Waals surface area contributed by atoms with Crippen molar-refractivity contribution in [3.8, 4) is 0 Å². The van der Waals surface area contributed by atoms with Crippen LogP contribution in [0.3, 0.4) is 0 Å². The third-order valence-corrected chi connectivity index (χ3v) is 8.51. The van der Waals surface area contributed by atoms with E-state index in [-0.39, 0.29) is 31.1 Å². The van der Waals surface area contributed by atoms with Crippen molar-refractivity contribution in [2.45, 2.75) is 23.1 Å². The monoisotopic (exact) mass is 496 g/mol. The summed E-state index contributed by atoms with van der Waals surface area (Å²) in [5.41, 5.74) is 8.54. The van der Waals surface area contributed by atoms with E-state index >= 15 is 0 Å². The second-order valence-electron chi connectivity index (χ2n) is 7.33. The molecule has 0 unspecified atom stereocenters. The number of hydrogen-bond donors (Lipinski definition) is 2. The molecule has 0 aliphatic heterocycles. The van der Waals surface area contributed by atoms with Crippen LogP contribution in [0.1, 0.15) is 27.7 Å². The van der Waals surface area contributed by atoms with Crippen LogP contribution in [0.4, 0.5) is 16.4 Å². The van der Waals surface area contributed by atoms with Crippen LogP contribution in [0.25, 0.3) is 0 Å². The van der Waals surface area contributed by atoms with E-state index in [1.165, 1.54) is 24.3 Å². The number of aryl methyl sites for hydroxylation is 1. The molecule has 0 spiro atoms. The molecule has 5 nitrogen and oxygen atoms in total. The summed E-state index contributed by atoms with van der Waals surface area (Å²) in [6.07, 6.45) is 0.887. The average Bonchev–Trinajstić information content (AvgIpc) is 3.16. The lowest BCUT2D eigenvalue weighted by Crippen LogP contribution is -2.08. The number of benzene rings is 3. The van der Waals surface area contributed by atoms with Crippen LogP contribution in [-0.2, 0) is 16.3 Å². The lowest BCUT2D eigenvalue weighted by atomic mass is 10.1. The molecular weight excluding hydrogens is 476 g/mol. The SMILES string of the molecule is CCc1ccc(Nc2sc(C(=O)c3ccccc3)c(N)c2S(=O)(=O)c2ccc(Cl)cc2)cc1. The highest BCUT2D eigenvalue weighted by Gasteiger charge is 2.31. The number of anilines is 3. The van der Waals surface area contributed by atoms with Gasteiger partial charge in [-0.3, -0.25) is 4.79 Å². The molecule has 168 valence electrons. The van der Waals surface area contributed by atoms with Crippen molar-refractivity contribution in [3.05, 3.63) is 99.9 Å². The maximum atomic E-state index is 13.6. The third kappa shape index (κ3) is 4.66. The van der Waals surface area contributed by atoms with E-state index in [9.17, 15) is 13.2 Å². The van der Waals surface area contributed by atoms with Gasteiger partial charge in [0.1, 0.15) is 14.8 Å². The number of nitrogens with two attached hydrogens (primary N) is 1. The number of halogens is 1. The predicted molar refractivity (Wildman–Crippen MR) is 135 cm³/mol. The molecule has 0 bridgehead atoms. The quantitative estimate of drug-likeness (QED) is 0.291. The van der Waals surface area contributed by atoms with Gasteiger partial charge in [0.05, 0.1) is 10.6 Å². The molecule has 1 aromatic heterocycles. The maximum Gasteiger partial charge on any atom is 0.211 e. The van der Waals surface area contributed by atoms with Crippen molar-refractivity contribution in [1.29, 1.82) is 0 Å². The van der Waals surface area contributed by atoms with Crippen molar-refractivity contribution in [3.63, 3.8) is 0 Å². The molecule has 0 amide bonds. The molecule has 0 atom stereocenters. The van der Waals surface area contributed by atoms with Gasteiger partial charge in [0.15, 0.2) is 0 Å². The highest BCUT2D eigenvalue weighted by molar-refractivity contribution is 7.92. The molecule has 8 heteroatoms. The van der Waals surface area contributed by atoms with E-state index in [0.717, 1.165) is 23.3 Å². The van der Waals surface area contributed by atoms with Gasteiger partial charge in [-0.25, -0.2) is 8.42 Å². The van der Waals surface area contributed by atoms with Crippen LogP contribution in [0.2, 0.25) is 5.02 Å². The number of sulfone groups is 1. The Bertz CT molecular complexity index is 1400. The van der Waals surface area contributed by atoms with Gasteiger partial charge in [-0.15, -0.1) is 11.3 Å². The van der Waals surface area contributed by atoms with Crippen molar-refractivity contribution in [2.24, 2.45) is 0 Å². The number of carbonyl (C=O) groups is 1. The molecule has 0 aliphatic rings. The zero-order valence-electron chi connectivity index (χ0n) is 17.7. The topological polar surface area (TPSA) is 89.3 Å². The summed E-state index contributed by atoms with van der Waals surface area (Å²) in [7, 11) is -4.03. The predicted octanol–water partition coefficient (Wildman–Crippen LogP) is 6.35. The van der Waals surface area contributed by atoms with Crippen LogP contribution >= 0.6 is 22.9 Å². The highest BCUT2D eigenvalue weighted by atomic mass is 35.5. The van der Waals surface area contributed by atoms with E-state index in [4.69, 9.17) is 17.3 Å². The first-order valence-corrected chi connectivity index (χ1v) is 12.9. The van der Waals surface area contributed by atoms with Crippen LogP contribution < -0.4 is 11.1 Å². The molecule has 0 fully saturated rings. The Morgan fingerprint density at radius 1 is 0.970 bits per heavy atom. The summed E-state index contributed by atoms with van der Waals surface area (Å²) in [4.78, 5) is 13.3. The van der Waals surface area contributed by atoms with Crippen molar-refractivity contribution in [1.82, 2.24) is 0 Å². The first kappa shape index (κ1) is 23.0. The summed E-state index contributed by atoms with van der Waals surface area (Å²) in [5, 5.41) is 3.86. The van der Waals surface area contributed by atoms with E-state index in [2.05, 4.69) is 12.2 Å². The summed E-state index contributed by atoms with van der Waals surface area (Å²) < 4.78 is 27.2. The summed E-state index contributed by atoms with van der Waals surface area (Å²) in [6, 6.07) is 22.2. The Kier molecular flexibility index (Phi) is 6.56. The molecule has 1 heterocycles. The van der Waals surface area contributed by atoms with Crippen LogP contribution in [0, 0.1) is 0 Å². The van der Waals surface area contributed by atoms with Gasteiger partial charge in [0.25, 0.3) is 0 Å². The lowest BCUT2D eigenvalue weighted by Gasteiger charge is -2.10. The van der Waals surface area contributed by atoms with Gasteiger partial charge >= 0.3 is 0 Å². The average molecular weight is 497 g/mol. The molecule has 0 saturated heterocycles. The molecule has 0 aliphatic carbocycles. The first-order chi connectivity index (χ1) is 15.8. The zero-order chi connectivity index (χ0) is 23.6. The minimum absolute atomic E-state index is 0.0412. The second kappa shape index (κ2) is 9.39. The molecule has 0 saturated carbocycles. The minimum atomic E-state index is -4.03. The molecule has 4 rings (SSSR count). The number of nitrogens with one attached hydrogen (secondary N) is 1. The summed E-state index contributed by atoms with van der Waals surface area (Å²) >= 11 is 6.97. The molecule has 0 radical (unpaired) electrons. The normalized spacial score (nSPS) is 11.3. The van der Waals surface area contributed by atoms with Crippen molar-refractivity contribution in [2.75, 3.05) is 11.1 Å². The van der Waals surface area contributed by atoms with Crippen LogP contribution in [-0.4, -0.2) is 14.2 Å². The van der Waals surface area contributed by atoms with Gasteiger partial charge in [-0.1, -0.05) is 61.0 Å². The van der Waals surface area contributed by atoms with E-state index in [0.29, 0.717) is 16.3 Å². The van der Waals surface area contributed by atoms with Gasteiger partial charge in [0, 0.05) is 16.3 Å². The maximum absolute atomic E-state index is 13.6. The largest absolute Gasteiger partial charge is 0.396 e. The highest BCUT2D eigenvalue weighted by Crippen LogP contribution is 2.44. The first-order valence-electron chi connectivity index (χ1n) is 10.2. The molecular formula is C25H21ClN2O3S2. The smallest absolute Gasteiger partial charge is 0.211 e. The molecule has 4 aromatic rings. The standard InChI is InChI=1S/C25H21ClN2O3S2/c1-2-16-8-12-19(13-9-16)28-25-24(33(30,31)20-14-10-18(26)11-15-20)21(27)23(32-25)22(29)17-6-4-3-5-7-17/h3-15,28H,2,27H2,1H3. The number of rotatable bonds is 7. The number of thiophene rings is 1. The molecule has 33 heavy (non-hydrogen) atoms. The number of nitrogen functional groups attached to an aromatic ring is 1. The number of hydrogen-bond acceptors (Lipinski definition) is 6. The Labute approximate surface area is 201 Å². The third-order valence-electron chi connectivity index (χ3n) is 5.15. The number of ketones is 1. The van der Waals surface area contributed by atoms with Gasteiger partial charge in [-0.2, -0.15) is 0 Å². The number of carbonyl (C=O) groups excluding carboxylic acids is 1. The van der Waals surface area contributed by atoms with Crippen molar-refractivity contribution < 1.29 is 13.2 Å². The fourth-order valence-corrected chi connectivity index (χ4v) is 6.41. The fourth-order valence-electron chi connectivity index (χ4n) is 3.35. The second-order valence-corrected chi connectivity index (χ2v) is 10.7. The van der Waals surface area contributed by atoms with Crippen LogP contribution in [0.5, 0.6) is 0 Å². The van der Waals surface area contributed by atoms with Crippen molar-refractivity contribution >= 4 is 54.9 Å². The van der Waals surface area contributed by atoms with E-state index in [1.54, 1.807) is 30.3 Å². The Morgan fingerprint density at radius 2 is 1.61 bits per heavy atom. The zero-order valence-corrected chi connectivity index (χ0v) is 20.1. The van der Waals surface area contributed by atoms with E-state index in [1.807, 2.05) is 24.3 Å². The summed E-state index contributed by atoms with van der Waals surface area (Å²) in [6.45, 7) is 2.06. The Morgan fingerprint density at radius 3 is 2.21 bits per heavy atom.